The number of carboxylic acid groups (broad SMARTS) is 1. The number of aromatic carboxylic acids is 1. The fourth-order valence-electron chi connectivity index (χ4n) is 2.92. The largest absolute Gasteiger partial charge is 0.475 e. The lowest BCUT2D eigenvalue weighted by Gasteiger charge is -2.17. The lowest BCUT2D eigenvalue weighted by atomic mass is 10.1. The molecule has 0 aliphatic carbocycles. The Labute approximate surface area is 135 Å². The van der Waals surface area contributed by atoms with Gasteiger partial charge >= 0.3 is 5.97 Å². The topological polar surface area (TPSA) is 92.3 Å². The summed E-state index contributed by atoms with van der Waals surface area (Å²) in [7, 11) is 0. The van der Waals surface area contributed by atoms with Gasteiger partial charge in [0.25, 0.3) is 5.71 Å². The number of benzene rings is 1. The van der Waals surface area contributed by atoms with Crippen molar-refractivity contribution in [1.29, 1.82) is 0 Å². The summed E-state index contributed by atoms with van der Waals surface area (Å²) in [6.07, 6.45) is 1.99. The minimum atomic E-state index is -1.24. The highest BCUT2D eigenvalue weighted by Crippen LogP contribution is 2.35. The average Bonchev–Trinajstić information content (AvgIpc) is 3.23. The van der Waals surface area contributed by atoms with Crippen LogP contribution in [0.15, 0.2) is 28.8 Å². The third-order valence-corrected chi connectivity index (χ3v) is 4.01. The SMILES string of the molecule is O=C(O)c1nc(N2CCCC2)c2c(-c3cccc(F)c3)noc2n1. The first-order chi connectivity index (χ1) is 11.6. The van der Waals surface area contributed by atoms with E-state index in [1.165, 1.54) is 12.1 Å². The molecule has 1 fully saturated rings. The van der Waals surface area contributed by atoms with Gasteiger partial charge in [0.2, 0.25) is 5.82 Å². The molecule has 0 atom stereocenters. The van der Waals surface area contributed by atoms with Crippen LogP contribution in [0.1, 0.15) is 23.5 Å². The molecule has 122 valence electrons. The number of anilines is 1. The van der Waals surface area contributed by atoms with E-state index in [1.807, 2.05) is 4.90 Å². The van der Waals surface area contributed by atoms with Gasteiger partial charge in [-0.05, 0) is 25.0 Å². The Morgan fingerprint density at radius 3 is 2.75 bits per heavy atom. The molecule has 0 unspecified atom stereocenters. The van der Waals surface area contributed by atoms with Crippen LogP contribution in [0.4, 0.5) is 10.2 Å². The summed E-state index contributed by atoms with van der Waals surface area (Å²) in [4.78, 5) is 21.4. The Bertz CT molecular complexity index is 934. The van der Waals surface area contributed by atoms with Gasteiger partial charge in [0.05, 0.1) is 0 Å². The number of fused-ring (bicyclic) bond motifs is 1. The summed E-state index contributed by atoms with van der Waals surface area (Å²) in [6.45, 7) is 1.53. The first kappa shape index (κ1) is 14.6. The molecule has 7 nitrogen and oxygen atoms in total. The second-order valence-corrected chi connectivity index (χ2v) is 5.59. The van der Waals surface area contributed by atoms with E-state index in [-0.39, 0.29) is 11.5 Å². The average molecular weight is 328 g/mol. The van der Waals surface area contributed by atoms with E-state index < -0.39 is 11.8 Å². The molecule has 0 spiro atoms. The van der Waals surface area contributed by atoms with Crippen LogP contribution in [0, 0.1) is 5.82 Å². The predicted octanol–water partition coefficient (Wildman–Crippen LogP) is 2.72. The molecule has 1 saturated heterocycles. The van der Waals surface area contributed by atoms with E-state index in [2.05, 4.69) is 15.1 Å². The maximum Gasteiger partial charge on any atom is 0.374 e. The van der Waals surface area contributed by atoms with E-state index in [9.17, 15) is 14.3 Å². The molecule has 4 rings (SSSR count). The minimum Gasteiger partial charge on any atom is -0.475 e. The maximum atomic E-state index is 13.6. The summed E-state index contributed by atoms with van der Waals surface area (Å²) in [6, 6.07) is 5.97. The Kier molecular flexibility index (Phi) is 3.37. The van der Waals surface area contributed by atoms with E-state index in [0.29, 0.717) is 22.5 Å². The van der Waals surface area contributed by atoms with Crippen LogP contribution in [0.25, 0.3) is 22.4 Å². The Hall–Kier alpha value is -3.03. The van der Waals surface area contributed by atoms with Crippen LogP contribution in [-0.4, -0.2) is 39.3 Å². The van der Waals surface area contributed by atoms with Crippen LogP contribution >= 0.6 is 0 Å². The van der Waals surface area contributed by atoms with E-state index in [4.69, 9.17) is 4.52 Å². The van der Waals surface area contributed by atoms with Crippen molar-refractivity contribution in [1.82, 2.24) is 15.1 Å². The molecule has 24 heavy (non-hydrogen) atoms. The van der Waals surface area contributed by atoms with Crippen molar-refractivity contribution in [2.24, 2.45) is 0 Å². The van der Waals surface area contributed by atoms with Crippen molar-refractivity contribution in [3.05, 3.63) is 35.9 Å². The van der Waals surface area contributed by atoms with Crippen LogP contribution in [0.3, 0.4) is 0 Å². The van der Waals surface area contributed by atoms with Crippen molar-refractivity contribution in [2.75, 3.05) is 18.0 Å². The highest BCUT2D eigenvalue weighted by Gasteiger charge is 2.26. The highest BCUT2D eigenvalue weighted by atomic mass is 19.1. The molecule has 1 aliphatic rings. The zero-order valence-corrected chi connectivity index (χ0v) is 12.6. The third-order valence-electron chi connectivity index (χ3n) is 4.01. The van der Waals surface area contributed by atoms with Gasteiger partial charge in [0.15, 0.2) is 0 Å². The molecule has 0 radical (unpaired) electrons. The zero-order chi connectivity index (χ0) is 16.7. The standard InChI is InChI=1S/C16H13FN4O3/c17-10-5-3-4-9(8-10)12-11-14(21-6-1-2-7-21)18-13(16(22)23)19-15(11)24-20-12/h3-5,8H,1-2,6-7H2,(H,22,23). The molecule has 8 heteroatoms. The summed E-state index contributed by atoms with van der Waals surface area (Å²) in [5.41, 5.74) is 1.02. The normalized spacial score (nSPS) is 14.5. The second kappa shape index (κ2) is 5.55. The van der Waals surface area contributed by atoms with Gasteiger partial charge in [0, 0.05) is 18.7 Å². The van der Waals surface area contributed by atoms with Crippen molar-refractivity contribution in [2.45, 2.75) is 12.8 Å². The van der Waals surface area contributed by atoms with Gasteiger partial charge < -0.3 is 14.5 Å². The molecular weight excluding hydrogens is 315 g/mol. The Morgan fingerprint density at radius 1 is 1.25 bits per heavy atom. The number of nitrogens with zero attached hydrogens (tertiary/aromatic N) is 4. The first-order valence-electron chi connectivity index (χ1n) is 7.55. The molecule has 1 N–H and O–H groups in total. The number of carbonyl (C=O) groups is 1. The van der Waals surface area contributed by atoms with Gasteiger partial charge in [-0.25, -0.2) is 14.2 Å². The van der Waals surface area contributed by atoms with Crippen LogP contribution < -0.4 is 4.90 Å². The van der Waals surface area contributed by atoms with Gasteiger partial charge in [-0.2, -0.15) is 4.98 Å². The maximum absolute atomic E-state index is 13.6. The lowest BCUT2D eigenvalue weighted by Crippen LogP contribution is -2.21. The third kappa shape index (κ3) is 2.36. The zero-order valence-electron chi connectivity index (χ0n) is 12.6. The van der Waals surface area contributed by atoms with E-state index >= 15 is 0 Å². The Balaban J connectivity index is 1.98. The Morgan fingerprint density at radius 2 is 2.04 bits per heavy atom. The number of hydrogen-bond donors (Lipinski definition) is 1. The number of carboxylic acids is 1. The number of halogens is 1. The van der Waals surface area contributed by atoms with E-state index in [0.717, 1.165) is 25.9 Å². The summed E-state index contributed by atoms with van der Waals surface area (Å²) in [5, 5.41) is 13.7. The monoisotopic (exact) mass is 328 g/mol. The fraction of sp³-hybridized carbons (Fsp3) is 0.250. The minimum absolute atomic E-state index is 0.0866. The molecule has 0 bridgehead atoms. The fourth-order valence-corrected chi connectivity index (χ4v) is 2.92. The van der Waals surface area contributed by atoms with Crippen molar-refractivity contribution < 1.29 is 18.8 Å². The summed E-state index contributed by atoms with van der Waals surface area (Å²) in [5.74, 6) is -1.50. The number of aromatic nitrogens is 3. The molecule has 3 heterocycles. The van der Waals surface area contributed by atoms with Crippen molar-refractivity contribution in [3.8, 4) is 11.3 Å². The molecule has 1 aromatic carbocycles. The first-order valence-corrected chi connectivity index (χ1v) is 7.55. The summed E-state index contributed by atoms with van der Waals surface area (Å²) < 4.78 is 18.8. The highest BCUT2D eigenvalue weighted by molar-refractivity contribution is 6.00. The molecule has 0 saturated carbocycles. The van der Waals surface area contributed by atoms with Crippen LogP contribution in [0.5, 0.6) is 0 Å². The second-order valence-electron chi connectivity index (χ2n) is 5.59. The van der Waals surface area contributed by atoms with Crippen LogP contribution in [0.2, 0.25) is 0 Å². The van der Waals surface area contributed by atoms with Crippen molar-refractivity contribution >= 4 is 22.9 Å². The summed E-state index contributed by atoms with van der Waals surface area (Å²) >= 11 is 0. The van der Waals surface area contributed by atoms with Crippen molar-refractivity contribution in [3.63, 3.8) is 0 Å². The molecule has 2 aromatic heterocycles. The lowest BCUT2D eigenvalue weighted by molar-refractivity contribution is 0.0683. The molecule has 1 aliphatic heterocycles. The quantitative estimate of drug-likeness (QED) is 0.790. The molecule has 3 aromatic rings. The number of hydrogen-bond acceptors (Lipinski definition) is 6. The van der Waals surface area contributed by atoms with Gasteiger partial charge in [-0.3, -0.25) is 0 Å². The van der Waals surface area contributed by atoms with Gasteiger partial charge in [-0.1, -0.05) is 17.3 Å². The number of rotatable bonds is 3. The van der Waals surface area contributed by atoms with E-state index in [1.54, 1.807) is 12.1 Å². The van der Waals surface area contributed by atoms with Gasteiger partial charge in [-0.15, -0.1) is 0 Å². The molecule has 0 amide bonds. The van der Waals surface area contributed by atoms with Crippen LogP contribution in [-0.2, 0) is 0 Å². The smallest absolute Gasteiger partial charge is 0.374 e. The molecular formula is C16H13FN4O3. The van der Waals surface area contributed by atoms with Gasteiger partial charge in [0.1, 0.15) is 22.7 Å². The predicted molar refractivity (Wildman–Crippen MR) is 83.4 cm³/mol.